The van der Waals surface area contributed by atoms with Crippen LogP contribution in [0.25, 0.3) is 0 Å². The number of Topliss-reactive ketones (excluding diaryl/α,β-unsaturated/α-hetero) is 1. The van der Waals surface area contributed by atoms with Gasteiger partial charge in [-0.1, -0.05) is 18.2 Å². The molecule has 0 saturated carbocycles. The van der Waals surface area contributed by atoms with Gasteiger partial charge in [0.25, 0.3) is 0 Å². The van der Waals surface area contributed by atoms with Gasteiger partial charge < -0.3 is 4.74 Å². The molecule has 1 aliphatic heterocycles. The van der Waals surface area contributed by atoms with Crippen LogP contribution >= 0.6 is 0 Å². The molecule has 1 atom stereocenters. The van der Waals surface area contributed by atoms with Crippen molar-refractivity contribution in [2.24, 2.45) is 5.92 Å². The molecule has 6 heteroatoms. The molecule has 3 rings (SSSR count). The van der Waals surface area contributed by atoms with Gasteiger partial charge in [0, 0.05) is 5.56 Å². The number of hydrogen-bond donors (Lipinski definition) is 0. The Kier molecular flexibility index (Phi) is 4.61. The first-order valence-electron chi connectivity index (χ1n) is 8.08. The van der Waals surface area contributed by atoms with E-state index in [-0.39, 0.29) is 24.8 Å². The van der Waals surface area contributed by atoms with Crippen LogP contribution in [-0.2, 0) is 4.79 Å². The number of allylic oxidation sites excluding steroid dienone is 3. The van der Waals surface area contributed by atoms with Crippen LogP contribution in [0.15, 0.2) is 48.6 Å². The van der Waals surface area contributed by atoms with Crippen molar-refractivity contribution in [1.29, 1.82) is 0 Å². The van der Waals surface area contributed by atoms with Gasteiger partial charge in [-0.15, -0.1) is 0 Å². The fourth-order valence-corrected chi connectivity index (χ4v) is 2.98. The van der Waals surface area contributed by atoms with Crippen molar-refractivity contribution in [2.45, 2.75) is 6.92 Å². The largest absolute Gasteiger partial charge is 0.501 e. The van der Waals surface area contributed by atoms with Crippen LogP contribution in [0.4, 0.5) is 4.79 Å². The number of ether oxygens (including phenoxy) is 1. The maximum atomic E-state index is 12.7. The summed E-state index contributed by atoms with van der Waals surface area (Å²) in [6, 6.07) is 6.27. The molecule has 25 heavy (non-hydrogen) atoms. The Bertz CT molecular complexity index is 818. The monoisotopic (exact) mass is 339 g/mol. The Morgan fingerprint density at radius 1 is 1.20 bits per heavy atom. The zero-order valence-corrected chi connectivity index (χ0v) is 14.1. The van der Waals surface area contributed by atoms with E-state index in [0.29, 0.717) is 17.0 Å². The van der Waals surface area contributed by atoms with E-state index in [0.717, 1.165) is 0 Å². The summed E-state index contributed by atoms with van der Waals surface area (Å²) in [6.45, 7) is 1.90. The molecule has 1 aromatic rings. The van der Waals surface area contributed by atoms with Crippen molar-refractivity contribution in [1.82, 2.24) is 4.90 Å². The maximum absolute atomic E-state index is 12.7. The quantitative estimate of drug-likeness (QED) is 0.608. The van der Waals surface area contributed by atoms with Gasteiger partial charge >= 0.3 is 11.9 Å². The zero-order chi connectivity index (χ0) is 18.0. The Balaban J connectivity index is 1.94. The van der Waals surface area contributed by atoms with Gasteiger partial charge in [0.1, 0.15) is 17.4 Å². The summed E-state index contributed by atoms with van der Waals surface area (Å²) in [5.41, 5.74) is 1.03. The molecule has 0 fully saturated rings. The second kappa shape index (κ2) is 6.84. The van der Waals surface area contributed by atoms with Crippen LogP contribution < -0.4 is 4.74 Å². The molecule has 1 unspecified atom stereocenters. The van der Waals surface area contributed by atoms with Gasteiger partial charge in [-0.3, -0.25) is 4.79 Å². The highest BCUT2D eigenvalue weighted by Crippen LogP contribution is 2.20. The van der Waals surface area contributed by atoms with Crippen LogP contribution in [0.2, 0.25) is 0 Å². The molecule has 0 aromatic heterocycles. The summed E-state index contributed by atoms with van der Waals surface area (Å²) in [5, 5.41) is 0. The van der Waals surface area contributed by atoms with Crippen molar-refractivity contribution in [2.75, 3.05) is 20.2 Å². The van der Waals surface area contributed by atoms with E-state index in [9.17, 15) is 14.4 Å². The first-order valence-corrected chi connectivity index (χ1v) is 8.08. The summed E-state index contributed by atoms with van der Waals surface area (Å²) in [7, 11) is 1.55. The number of ketones is 1. The fourth-order valence-electron chi connectivity index (χ4n) is 2.98. The highest BCUT2D eigenvalue weighted by atomic mass is 16.5. The van der Waals surface area contributed by atoms with E-state index >= 15 is 0 Å². The number of carbonyl (C=O) groups is 3. The number of carbonyl (C=O) groups excluding carboxylic acids is 3. The number of benzene rings is 1. The van der Waals surface area contributed by atoms with Gasteiger partial charge in [-0.05, 0) is 37.3 Å². The van der Waals surface area contributed by atoms with E-state index in [1.807, 2.05) is 0 Å². The van der Waals surface area contributed by atoms with Crippen molar-refractivity contribution >= 4 is 23.4 Å². The van der Waals surface area contributed by atoms with E-state index < -0.39 is 11.9 Å². The van der Waals surface area contributed by atoms with Gasteiger partial charge in [0.05, 0.1) is 13.7 Å². The van der Waals surface area contributed by atoms with Gasteiger partial charge in [-0.25, -0.2) is 4.79 Å². The van der Waals surface area contributed by atoms with E-state index in [1.165, 1.54) is 9.48 Å². The van der Waals surface area contributed by atoms with Gasteiger partial charge in [-0.2, -0.15) is 14.3 Å². The molecular weight excluding hydrogens is 320 g/mol. The van der Waals surface area contributed by atoms with Crippen LogP contribution in [0.3, 0.4) is 0 Å². The maximum Gasteiger partial charge on any atom is 0.501 e. The lowest BCUT2D eigenvalue weighted by Gasteiger charge is -2.25. The molecule has 1 aliphatic carbocycles. The van der Waals surface area contributed by atoms with E-state index in [1.54, 1.807) is 62.6 Å². The third-order valence-electron chi connectivity index (χ3n) is 4.34. The molecule has 0 N–H and O–H groups in total. The summed E-state index contributed by atoms with van der Waals surface area (Å²) >= 11 is 0. The summed E-state index contributed by atoms with van der Waals surface area (Å²) in [4.78, 5) is 38.9. The molecular formula is C19H19N2O4+. The second-order valence-corrected chi connectivity index (χ2v) is 5.75. The Hall–Kier alpha value is -3.02. The predicted octanol–water partition coefficient (Wildman–Crippen LogP) is 2.06. The van der Waals surface area contributed by atoms with Crippen molar-refractivity contribution in [3.63, 3.8) is 0 Å². The van der Waals surface area contributed by atoms with Crippen LogP contribution in [0.5, 0.6) is 5.75 Å². The summed E-state index contributed by atoms with van der Waals surface area (Å²) in [5.74, 6) is -0.318. The SMILES string of the molecule is CCN1C(=O)C2C=CC=CC2=[N+](CC(=O)c2ccc(OC)cc2)C1=O. The average Bonchev–Trinajstić information content (AvgIpc) is 2.65. The third kappa shape index (κ3) is 3.03. The topological polar surface area (TPSA) is 66.7 Å². The average molecular weight is 339 g/mol. The number of hydrogen-bond acceptors (Lipinski definition) is 4. The molecule has 2 aliphatic rings. The standard InChI is InChI=1S/C19H19N2O4/c1-3-20-18(23)15-6-4-5-7-16(15)21(19(20)24)12-17(22)13-8-10-14(25-2)11-9-13/h4-11,15H,3,12H2,1-2H3/q+1. The lowest BCUT2D eigenvalue weighted by Crippen LogP contribution is -2.55. The van der Waals surface area contributed by atoms with Crippen LogP contribution in [0, 0.1) is 5.92 Å². The molecule has 3 amide bonds. The number of imide groups is 1. The Labute approximate surface area is 145 Å². The van der Waals surface area contributed by atoms with E-state index in [2.05, 4.69) is 0 Å². The van der Waals surface area contributed by atoms with Crippen LogP contribution in [-0.4, -0.2) is 53.1 Å². The van der Waals surface area contributed by atoms with E-state index in [4.69, 9.17) is 4.74 Å². The first kappa shape index (κ1) is 16.8. The number of methoxy groups -OCH3 is 1. The van der Waals surface area contributed by atoms with Crippen molar-refractivity contribution in [3.8, 4) is 5.75 Å². The highest BCUT2D eigenvalue weighted by Gasteiger charge is 2.46. The fraction of sp³-hybridized carbons (Fsp3) is 0.263. The molecule has 128 valence electrons. The number of rotatable bonds is 5. The third-order valence-corrected chi connectivity index (χ3v) is 4.34. The first-order chi connectivity index (χ1) is 12.1. The highest BCUT2D eigenvalue weighted by molar-refractivity contribution is 6.17. The molecule has 0 radical (unpaired) electrons. The smallest absolute Gasteiger partial charge is 0.497 e. The second-order valence-electron chi connectivity index (χ2n) is 5.75. The zero-order valence-electron chi connectivity index (χ0n) is 14.1. The van der Waals surface area contributed by atoms with Gasteiger partial charge in [0.15, 0.2) is 6.54 Å². The number of nitrogens with zero attached hydrogens (tertiary/aromatic N) is 2. The minimum absolute atomic E-state index is 0.112. The molecule has 1 aromatic carbocycles. The number of fused-ring (bicyclic) bond motifs is 1. The van der Waals surface area contributed by atoms with Gasteiger partial charge in [0.2, 0.25) is 5.78 Å². The summed E-state index contributed by atoms with van der Waals surface area (Å²) < 4.78 is 6.48. The lowest BCUT2D eigenvalue weighted by atomic mass is 9.94. The normalized spacial score (nSPS) is 19.3. The Morgan fingerprint density at radius 3 is 2.56 bits per heavy atom. The number of amides is 3. The predicted molar refractivity (Wildman–Crippen MR) is 92.0 cm³/mol. The molecule has 1 heterocycles. The number of urea groups is 1. The van der Waals surface area contributed by atoms with Crippen LogP contribution in [0.1, 0.15) is 17.3 Å². The lowest BCUT2D eigenvalue weighted by molar-refractivity contribution is -0.425. The molecule has 6 nitrogen and oxygen atoms in total. The summed E-state index contributed by atoms with van der Waals surface area (Å²) in [6.07, 6.45) is 7.00. The van der Waals surface area contributed by atoms with Crippen molar-refractivity contribution < 1.29 is 23.7 Å². The molecule has 0 bridgehead atoms. The molecule has 0 saturated heterocycles. The Morgan fingerprint density at radius 2 is 1.92 bits per heavy atom. The minimum atomic E-state index is -0.522. The molecule has 0 spiro atoms. The van der Waals surface area contributed by atoms with Crippen molar-refractivity contribution in [3.05, 3.63) is 54.1 Å². The minimum Gasteiger partial charge on any atom is -0.497 e.